The number of ether oxygens (including phenoxy) is 1. The van der Waals surface area contributed by atoms with Crippen molar-refractivity contribution >= 4 is 17.6 Å². The summed E-state index contributed by atoms with van der Waals surface area (Å²) in [7, 11) is 1.70. The minimum absolute atomic E-state index is 0.318. The molecule has 0 atom stereocenters. The molecule has 1 aromatic carbocycles. The molecule has 0 saturated heterocycles. The number of carbonyl (C=O) groups excluding carboxylic acids is 2. The number of aromatic nitrogens is 1. The van der Waals surface area contributed by atoms with Crippen molar-refractivity contribution < 1.29 is 18.7 Å². The zero-order valence-electron chi connectivity index (χ0n) is 11.7. The van der Waals surface area contributed by atoms with Crippen LogP contribution < -0.4 is 5.32 Å². The van der Waals surface area contributed by atoms with Gasteiger partial charge >= 0.3 is 5.97 Å². The Bertz CT molecular complexity index is 679. The predicted octanol–water partition coefficient (Wildman–Crippen LogP) is 2.27. The molecule has 2 aromatic rings. The van der Waals surface area contributed by atoms with Crippen LogP contribution in [-0.2, 0) is 16.6 Å². The summed E-state index contributed by atoms with van der Waals surface area (Å²) in [4.78, 5) is 23.3. The van der Waals surface area contributed by atoms with Gasteiger partial charge in [-0.2, -0.15) is 0 Å². The third kappa shape index (κ3) is 3.68. The number of rotatable bonds is 4. The van der Waals surface area contributed by atoms with E-state index in [4.69, 9.17) is 4.74 Å². The number of anilines is 1. The normalized spacial score (nSPS) is 10.2. The lowest BCUT2D eigenvalue weighted by atomic mass is 10.2. The topological polar surface area (TPSA) is 60.3 Å². The number of aryl methyl sites for hydroxylation is 2. The first kappa shape index (κ1) is 14.8. The molecule has 21 heavy (non-hydrogen) atoms. The molecule has 0 aliphatic rings. The smallest absolute Gasteiger partial charge is 0.355 e. The summed E-state index contributed by atoms with van der Waals surface area (Å²) in [6.45, 7) is 1.20. The molecule has 0 fully saturated rings. The van der Waals surface area contributed by atoms with Crippen molar-refractivity contribution in [3.63, 3.8) is 0 Å². The second kappa shape index (κ2) is 6.21. The molecule has 0 aliphatic heterocycles. The highest BCUT2D eigenvalue weighted by molar-refractivity contribution is 5.94. The molecule has 1 aromatic heterocycles. The van der Waals surface area contributed by atoms with E-state index in [2.05, 4.69) is 5.32 Å². The molecule has 1 amide bonds. The van der Waals surface area contributed by atoms with Crippen molar-refractivity contribution in [3.8, 4) is 0 Å². The lowest BCUT2D eigenvalue weighted by molar-refractivity contribution is -0.119. The Morgan fingerprint density at radius 3 is 2.71 bits per heavy atom. The fraction of sp³-hybridized carbons (Fsp3) is 0.200. The van der Waals surface area contributed by atoms with E-state index in [0.29, 0.717) is 16.9 Å². The SMILES string of the molecule is Cc1ccc(NC(=O)COC(=O)c2cccn2C)cc1F. The van der Waals surface area contributed by atoms with E-state index in [1.165, 1.54) is 6.07 Å². The Morgan fingerprint density at radius 2 is 2.10 bits per heavy atom. The van der Waals surface area contributed by atoms with Crippen molar-refractivity contribution in [2.45, 2.75) is 6.92 Å². The first-order valence-electron chi connectivity index (χ1n) is 6.32. The van der Waals surface area contributed by atoms with Crippen molar-refractivity contribution in [1.29, 1.82) is 0 Å². The van der Waals surface area contributed by atoms with E-state index in [9.17, 15) is 14.0 Å². The molecule has 0 radical (unpaired) electrons. The Kier molecular flexibility index (Phi) is 4.37. The average molecular weight is 290 g/mol. The fourth-order valence-electron chi connectivity index (χ4n) is 1.75. The van der Waals surface area contributed by atoms with Gasteiger partial charge in [-0.05, 0) is 36.8 Å². The monoisotopic (exact) mass is 290 g/mol. The molecule has 1 N–H and O–H groups in total. The zero-order valence-corrected chi connectivity index (χ0v) is 11.7. The standard InChI is InChI=1S/C15H15FN2O3/c1-10-5-6-11(8-12(10)16)17-14(19)9-21-15(20)13-4-3-7-18(13)2/h3-8H,9H2,1-2H3,(H,17,19). The van der Waals surface area contributed by atoms with Crippen LogP contribution in [0, 0.1) is 12.7 Å². The summed E-state index contributed by atoms with van der Waals surface area (Å²) in [6, 6.07) is 7.64. The minimum Gasteiger partial charge on any atom is -0.451 e. The number of halogens is 1. The van der Waals surface area contributed by atoms with Crippen LogP contribution in [0.5, 0.6) is 0 Å². The Hall–Kier alpha value is -2.63. The third-order valence-corrected chi connectivity index (χ3v) is 2.94. The van der Waals surface area contributed by atoms with E-state index in [1.807, 2.05) is 0 Å². The quantitative estimate of drug-likeness (QED) is 0.879. The molecule has 6 heteroatoms. The molecule has 0 bridgehead atoms. The van der Waals surface area contributed by atoms with E-state index >= 15 is 0 Å². The lowest BCUT2D eigenvalue weighted by Gasteiger charge is -2.08. The summed E-state index contributed by atoms with van der Waals surface area (Å²) in [6.07, 6.45) is 1.70. The van der Waals surface area contributed by atoms with Crippen LogP contribution in [0.2, 0.25) is 0 Å². The molecule has 2 rings (SSSR count). The van der Waals surface area contributed by atoms with Gasteiger partial charge in [-0.25, -0.2) is 9.18 Å². The number of hydrogen-bond donors (Lipinski definition) is 1. The van der Waals surface area contributed by atoms with Crippen molar-refractivity contribution in [3.05, 3.63) is 53.6 Å². The Morgan fingerprint density at radius 1 is 1.33 bits per heavy atom. The van der Waals surface area contributed by atoms with Gasteiger partial charge in [-0.15, -0.1) is 0 Å². The molecule has 0 unspecified atom stereocenters. The first-order valence-corrected chi connectivity index (χ1v) is 6.32. The Balaban J connectivity index is 1.89. The molecule has 0 spiro atoms. The second-order valence-corrected chi connectivity index (χ2v) is 4.59. The maximum absolute atomic E-state index is 13.3. The molecular weight excluding hydrogens is 275 g/mol. The number of amides is 1. The van der Waals surface area contributed by atoms with Crippen LogP contribution in [0.15, 0.2) is 36.5 Å². The van der Waals surface area contributed by atoms with Crippen molar-refractivity contribution in [2.75, 3.05) is 11.9 Å². The van der Waals surface area contributed by atoms with E-state index in [1.54, 1.807) is 49.0 Å². The maximum Gasteiger partial charge on any atom is 0.355 e. The highest BCUT2D eigenvalue weighted by atomic mass is 19.1. The number of nitrogens with one attached hydrogen (secondary N) is 1. The lowest BCUT2D eigenvalue weighted by Crippen LogP contribution is -2.21. The van der Waals surface area contributed by atoms with Gasteiger partial charge in [0.2, 0.25) is 0 Å². The minimum atomic E-state index is -0.590. The molecule has 0 aliphatic carbocycles. The summed E-state index contributed by atoms with van der Waals surface area (Å²) < 4.78 is 19.8. The first-order chi connectivity index (χ1) is 9.97. The van der Waals surface area contributed by atoms with Crippen LogP contribution in [-0.4, -0.2) is 23.1 Å². The van der Waals surface area contributed by atoms with Crippen LogP contribution in [0.25, 0.3) is 0 Å². The highest BCUT2D eigenvalue weighted by Gasteiger charge is 2.13. The molecule has 5 nitrogen and oxygen atoms in total. The van der Waals surface area contributed by atoms with Gasteiger partial charge in [-0.3, -0.25) is 4.79 Å². The van der Waals surface area contributed by atoms with Gasteiger partial charge in [0.05, 0.1) is 0 Å². The molecule has 1 heterocycles. The summed E-state index contributed by atoms with van der Waals surface area (Å²) in [5.41, 5.74) is 1.16. The van der Waals surface area contributed by atoms with Gasteiger partial charge in [0.1, 0.15) is 11.5 Å². The van der Waals surface area contributed by atoms with Gasteiger partial charge in [0.25, 0.3) is 5.91 Å². The van der Waals surface area contributed by atoms with Crippen LogP contribution >= 0.6 is 0 Å². The van der Waals surface area contributed by atoms with Crippen LogP contribution in [0.3, 0.4) is 0 Å². The number of nitrogens with zero attached hydrogens (tertiary/aromatic N) is 1. The van der Waals surface area contributed by atoms with E-state index in [-0.39, 0.29) is 0 Å². The summed E-state index contributed by atoms with van der Waals surface area (Å²) in [5, 5.41) is 2.46. The third-order valence-electron chi connectivity index (χ3n) is 2.94. The van der Waals surface area contributed by atoms with Crippen molar-refractivity contribution in [1.82, 2.24) is 4.57 Å². The van der Waals surface area contributed by atoms with Crippen LogP contribution in [0.1, 0.15) is 16.1 Å². The van der Waals surface area contributed by atoms with Crippen molar-refractivity contribution in [2.24, 2.45) is 7.05 Å². The number of esters is 1. The number of hydrogen-bond acceptors (Lipinski definition) is 3. The van der Waals surface area contributed by atoms with Crippen LogP contribution in [0.4, 0.5) is 10.1 Å². The highest BCUT2D eigenvalue weighted by Crippen LogP contribution is 2.13. The largest absolute Gasteiger partial charge is 0.451 e. The molecule has 0 saturated carbocycles. The number of carbonyl (C=O) groups is 2. The zero-order chi connectivity index (χ0) is 15.4. The maximum atomic E-state index is 13.3. The summed E-state index contributed by atoms with van der Waals surface area (Å²) in [5.74, 6) is -1.53. The molecular formula is C15H15FN2O3. The number of benzene rings is 1. The van der Waals surface area contributed by atoms with E-state index in [0.717, 1.165) is 0 Å². The Labute approximate surface area is 121 Å². The molecule has 110 valence electrons. The fourth-order valence-corrected chi connectivity index (χ4v) is 1.75. The van der Waals surface area contributed by atoms with E-state index < -0.39 is 24.3 Å². The second-order valence-electron chi connectivity index (χ2n) is 4.59. The van der Waals surface area contributed by atoms with Gasteiger partial charge in [0.15, 0.2) is 6.61 Å². The summed E-state index contributed by atoms with van der Waals surface area (Å²) >= 11 is 0. The predicted molar refractivity (Wildman–Crippen MR) is 75.5 cm³/mol. The van der Waals surface area contributed by atoms with Gasteiger partial charge < -0.3 is 14.6 Å². The average Bonchev–Trinajstić information content (AvgIpc) is 2.86. The van der Waals surface area contributed by atoms with Gasteiger partial charge in [-0.1, -0.05) is 6.07 Å². The van der Waals surface area contributed by atoms with Gasteiger partial charge in [0, 0.05) is 18.9 Å².